The third-order valence-corrected chi connectivity index (χ3v) is 3.77. The Bertz CT molecular complexity index is 509. The first-order valence-corrected chi connectivity index (χ1v) is 8.30. The predicted molar refractivity (Wildman–Crippen MR) is 92.3 cm³/mol. The zero-order chi connectivity index (χ0) is 17.6. The number of nitrogens with one attached hydrogen (secondary N) is 2. The maximum absolute atomic E-state index is 11.9. The average molecular weight is 324 g/mol. The van der Waals surface area contributed by atoms with Crippen LogP contribution in [-0.2, 0) is 6.54 Å². The number of hydrogen-bond donors (Lipinski definition) is 3. The van der Waals surface area contributed by atoms with Crippen LogP contribution in [0.1, 0.15) is 45.5 Å². The fourth-order valence-corrected chi connectivity index (χ4v) is 2.74. The van der Waals surface area contributed by atoms with Crippen molar-refractivity contribution in [2.24, 2.45) is 11.3 Å². The minimum Gasteiger partial charge on any atom is -0.393 e. The lowest BCUT2D eigenvalue weighted by Crippen LogP contribution is -2.43. The fraction of sp³-hybridized carbons (Fsp3) is 0.765. The van der Waals surface area contributed by atoms with Crippen LogP contribution in [0.15, 0.2) is 6.07 Å². The van der Waals surface area contributed by atoms with Gasteiger partial charge in [0.25, 0.3) is 0 Å². The van der Waals surface area contributed by atoms with Gasteiger partial charge in [-0.3, -0.25) is 4.68 Å². The second-order valence-corrected chi connectivity index (χ2v) is 7.50. The van der Waals surface area contributed by atoms with E-state index in [0.29, 0.717) is 25.4 Å². The van der Waals surface area contributed by atoms with E-state index < -0.39 is 0 Å². The van der Waals surface area contributed by atoms with E-state index in [4.69, 9.17) is 0 Å². The number of aliphatic hydroxyl groups is 1. The summed E-state index contributed by atoms with van der Waals surface area (Å²) in [7, 11) is 0. The monoisotopic (exact) mass is 324 g/mol. The van der Waals surface area contributed by atoms with E-state index in [1.165, 1.54) is 0 Å². The van der Waals surface area contributed by atoms with Crippen LogP contribution in [-0.4, -0.2) is 40.1 Å². The topological polar surface area (TPSA) is 79.2 Å². The largest absolute Gasteiger partial charge is 0.393 e. The number of urea groups is 1. The van der Waals surface area contributed by atoms with Crippen LogP contribution in [0.4, 0.5) is 4.79 Å². The Hall–Kier alpha value is -1.56. The summed E-state index contributed by atoms with van der Waals surface area (Å²) in [6, 6.07) is 1.89. The van der Waals surface area contributed by atoms with E-state index >= 15 is 0 Å². The third-order valence-electron chi connectivity index (χ3n) is 3.77. The summed E-state index contributed by atoms with van der Waals surface area (Å²) in [5, 5.41) is 19.7. The van der Waals surface area contributed by atoms with Gasteiger partial charge in [-0.1, -0.05) is 20.8 Å². The van der Waals surface area contributed by atoms with Gasteiger partial charge in [0.1, 0.15) is 0 Å². The van der Waals surface area contributed by atoms with Crippen molar-refractivity contribution >= 4 is 6.03 Å². The SMILES string of the molecule is Cc1cc(C)n(CC(C)CNC(=O)NCC(C)(C)CC(C)O)n1. The van der Waals surface area contributed by atoms with Crippen LogP contribution in [0.2, 0.25) is 0 Å². The minimum absolute atomic E-state index is 0.124. The van der Waals surface area contributed by atoms with Crippen molar-refractivity contribution in [2.45, 2.75) is 60.6 Å². The average Bonchev–Trinajstić information content (AvgIpc) is 2.71. The van der Waals surface area contributed by atoms with Gasteiger partial charge < -0.3 is 15.7 Å². The highest BCUT2D eigenvalue weighted by molar-refractivity contribution is 5.73. The molecule has 0 saturated heterocycles. The van der Waals surface area contributed by atoms with Crippen molar-refractivity contribution in [2.75, 3.05) is 13.1 Å². The molecule has 23 heavy (non-hydrogen) atoms. The molecule has 2 atom stereocenters. The molecule has 2 unspecified atom stereocenters. The summed E-state index contributed by atoms with van der Waals surface area (Å²) in [5.74, 6) is 0.296. The molecule has 3 N–H and O–H groups in total. The molecule has 1 rings (SSSR count). The molecule has 0 aliphatic carbocycles. The molecule has 0 aliphatic heterocycles. The molecule has 2 amide bonds. The van der Waals surface area contributed by atoms with Crippen molar-refractivity contribution in [3.8, 4) is 0 Å². The maximum Gasteiger partial charge on any atom is 0.314 e. The highest BCUT2D eigenvalue weighted by atomic mass is 16.3. The van der Waals surface area contributed by atoms with Crippen molar-refractivity contribution in [3.05, 3.63) is 17.5 Å². The van der Waals surface area contributed by atoms with Gasteiger partial charge in [-0.2, -0.15) is 5.10 Å². The molecule has 6 heteroatoms. The van der Waals surface area contributed by atoms with E-state index in [1.807, 2.05) is 32.4 Å². The molecule has 0 spiro atoms. The standard InChI is InChI=1S/C17H32N4O2/c1-12(10-21-14(3)7-13(2)20-21)9-18-16(23)19-11-17(5,6)8-15(4)22/h7,12,15,22H,8-11H2,1-6H3,(H2,18,19,23). The van der Waals surface area contributed by atoms with Gasteiger partial charge in [-0.05, 0) is 44.6 Å². The zero-order valence-corrected chi connectivity index (χ0v) is 15.3. The zero-order valence-electron chi connectivity index (χ0n) is 15.3. The van der Waals surface area contributed by atoms with Gasteiger partial charge in [-0.25, -0.2) is 4.79 Å². The van der Waals surface area contributed by atoms with E-state index in [9.17, 15) is 9.90 Å². The van der Waals surface area contributed by atoms with Crippen molar-refractivity contribution in [1.82, 2.24) is 20.4 Å². The Morgan fingerprint density at radius 2 is 2.00 bits per heavy atom. The second-order valence-electron chi connectivity index (χ2n) is 7.50. The Balaban J connectivity index is 2.31. The van der Waals surface area contributed by atoms with Gasteiger partial charge >= 0.3 is 6.03 Å². The number of aliphatic hydroxyl groups excluding tert-OH is 1. The second kappa shape index (κ2) is 8.34. The van der Waals surface area contributed by atoms with Crippen molar-refractivity contribution in [3.63, 3.8) is 0 Å². The lowest BCUT2D eigenvalue weighted by molar-refractivity contribution is 0.128. The van der Waals surface area contributed by atoms with Gasteiger partial charge in [0.05, 0.1) is 11.8 Å². The summed E-state index contributed by atoms with van der Waals surface area (Å²) in [4.78, 5) is 11.9. The van der Waals surface area contributed by atoms with E-state index in [2.05, 4.69) is 28.7 Å². The predicted octanol–water partition coefficient (Wildman–Crippen LogP) is 2.23. The minimum atomic E-state index is -0.365. The molecule has 0 bridgehead atoms. The number of nitrogens with zero attached hydrogens (tertiary/aromatic N) is 2. The quantitative estimate of drug-likeness (QED) is 0.686. The molecular weight excluding hydrogens is 292 g/mol. The molecule has 0 saturated carbocycles. The van der Waals surface area contributed by atoms with E-state index in [1.54, 1.807) is 6.92 Å². The third kappa shape index (κ3) is 7.50. The van der Waals surface area contributed by atoms with Crippen molar-refractivity contribution in [1.29, 1.82) is 0 Å². The smallest absolute Gasteiger partial charge is 0.314 e. The molecule has 0 aromatic carbocycles. The number of aromatic nitrogens is 2. The first kappa shape index (κ1) is 19.5. The molecule has 6 nitrogen and oxygen atoms in total. The first-order valence-electron chi connectivity index (χ1n) is 8.30. The Kier molecular flexibility index (Phi) is 7.06. The highest BCUT2D eigenvalue weighted by Crippen LogP contribution is 2.20. The van der Waals surface area contributed by atoms with Crippen LogP contribution < -0.4 is 10.6 Å². The number of hydrogen-bond acceptors (Lipinski definition) is 3. The molecule has 1 aromatic heterocycles. The van der Waals surface area contributed by atoms with Crippen LogP contribution in [0.25, 0.3) is 0 Å². The Morgan fingerprint density at radius 3 is 2.52 bits per heavy atom. The number of aryl methyl sites for hydroxylation is 2. The van der Waals surface area contributed by atoms with Crippen LogP contribution >= 0.6 is 0 Å². The normalized spacial score (nSPS) is 14.4. The summed E-state index contributed by atoms with van der Waals surface area (Å²) >= 11 is 0. The first-order chi connectivity index (χ1) is 10.6. The Labute approximate surface area is 139 Å². The highest BCUT2D eigenvalue weighted by Gasteiger charge is 2.21. The molecule has 0 fully saturated rings. The van der Waals surface area contributed by atoms with Gasteiger partial charge in [-0.15, -0.1) is 0 Å². The number of carbonyl (C=O) groups is 1. The Morgan fingerprint density at radius 1 is 1.35 bits per heavy atom. The summed E-state index contributed by atoms with van der Waals surface area (Å²) in [5.41, 5.74) is 2.03. The van der Waals surface area contributed by atoms with E-state index in [0.717, 1.165) is 17.9 Å². The molecule has 0 radical (unpaired) electrons. The molecule has 1 aromatic rings. The summed E-state index contributed by atoms with van der Waals surface area (Å²) in [6.07, 6.45) is 0.289. The van der Waals surface area contributed by atoms with Gasteiger partial charge in [0.15, 0.2) is 0 Å². The molecule has 0 aliphatic rings. The maximum atomic E-state index is 11.9. The molecular formula is C17H32N4O2. The molecule has 1 heterocycles. The van der Waals surface area contributed by atoms with Crippen molar-refractivity contribution < 1.29 is 9.90 Å². The number of rotatable bonds is 8. The van der Waals surface area contributed by atoms with Crippen LogP contribution in [0.5, 0.6) is 0 Å². The van der Waals surface area contributed by atoms with Crippen LogP contribution in [0, 0.1) is 25.2 Å². The lowest BCUT2D eigenvalue weighted by atomic mass is 9.87. The lowest BCUT2D eigenvalue weighted by Gasteiger charge is -2.26. The van der Waals surface area contributed by atoms with Crippen LogP contribution in [0.3, 0.4) is 0 Å². The summed E-state index contributed by atoms with van der Waals surface area (Å²) < 4.78 is 1.98. The fourth-order valence-electron chi connectivity index (χ4n) is 2.74. The number of carbonyl (C=O) groups excluding carboxylic acids is 1. The van der Waals surface area contributed by atoms with Gasteiger partial charge in [0, 0.05) is 25.3 Å². The molecule has 132 valence electrons. The van der Waals surface area contributed by atoms with Gasteiger partial charge in [0.2, 0.25) is 0 Å². The van der Waals surface area contributed by atoms with E-state index in [-0.39, 0.29) is 17.6 Å². The summed E-state index contributed by atoms with van der Waals surface area (Å²) in [6.45, 7) is 13.9. The number of amides is 2.